The molecule has 16 heavy (non-hydrogen) atoms. The van der Waals surface area contributed by atoms with E-state index < -0.39 is 0 Å². The fourth-order valence-corrected chi connectivity index (χ4v) is 2.65. The highest BCUT2D eigenvalue weighted by molar-refractivity contribution is 5.21. The van der Waals surface area contributed by atoms with Crippen molar-refractivity contribution in [2.75, 3.05) is 19.8 Å². The van der Waals surface area contributed by atoms with Crippen molar-refractivity contribution in [3.8, 4) is 0 Å². The lowest BCUT2D eigenvalue weighted by Gasteiger charge is -2.26. The first-order chi connectivity index (χ1) is 7.86. The topological polar surface area (TPSA) is 59.0 Å². The summed E-state index contributed by atoms with van der Waals surface area (Å²) in [5, 5.41) is 6.23. The van der Waals surface area contributed by atoms with Crippen LogP contribution < -0.4 is 10.9 Å². The van der Waals surface area contributed by atoms with Gasteiger partial charge in [-0.1, -0.05) is 0 Å². The molecule has 0 aromatic carbocycles. The Morgan fingerprint density at radius 3 is 2.94 bits per heavy atom. The molecule has 1 aromatic heterocycles. The van der Waals surface area contributed by atoms with Crippen LogP contribution in [0.5, 0.6) is 0 Å². The second-order valence-electron chi connectivity index (χ2n) is 4.51. The van der Waals surface area contributed by atoms with E-state index in [9.17, 15) is 4.79 Å². The van der Waals surface area contributed by atoms with Gasteiger partial charge in [0.15, 0.2) is 0 Å². The maximum Gasteiger partial charge on any atom is 0.268 e. The molecule has 3 rings (SSSR count). The highest BCUT2D eigenvalue weighted by Crippen LogP contribution is 2.23. The van der Waals surface area contributed by atoms with E-state index in [1.54, 1.807) is 0 Å². The quantitative estimate of drug-likeness (QED) is 0.713. The zero-order valence-corrected chi connectivity index (χ0v) is 9.29. The zero-order valence-electron chi connectivity index (χ0n) is 9.29. The van der Waals surface area contributed by atoms with Gasteiger partial charge in [0, 0.05) is 38.4 Å². The minimum Gasteiger partial charge on any atom is -0.381 e. The zero-order chi connectivity index (χ0) is 11.0. The van der Waals surface area contributed by atoms with Crippen molar-refractivity contribution in [1.82, 2.24) is 15.1 Å². The van der Waals surface area contributed by atoms with Crippen molar-refractivity contribution >= 4 is 0 Å². The summed E-state index contributed by atoms with van der Waals surface area (Å²) in [7, 11) is 0. The standard InChI is InChI=1S/C11H17N3O2/c15-11-9-7-12-4-1-10(9)14(13-11)8-2-5-16-6-3-8/h8,12H,1-7H2,(H,13,15). The van der Waals surface area contributed by atoms with Gasteiger partial charge in [0.1, 0.15) is 0 Å². The van der Waals surface area contributed by atoms with Gasteiger partial charge in [-0.2, -0.15) is 0 Å². The number of fused-ring (bicyclic) bond motifs is 1. The molecule has 1 saturated heterocycles. The molecule has 0 unspecified atom stereocenters. The van der Waals surface area contributed by atoms with Crippen LogP contribution in [0.25, 0.3) is 0 Å². The van der Waals surface area contributed by atoms with Crippen molar-refractivity contribution < 1.29 is 4.74 Å². The third-order valence-electron chi connectivity index (χ3n) is 3.53. The lowest BCUT2D eigenvalue weighted by atomic mass is 10.1. The smallest absolute Gasteiger partial charge is 0.268 e. The van der Waals surface area contributed by atoms with E-state index in [4.69, 9.17) is 4.74 Å². The molecule has 2 aliphatic rings. The molecule has 88 valence electrons. The number of nitrogens with one attached hydrogen (secondary N) is 2. The summed E-state index contributed by atoms with van der Waals surface area (Å²) < 4.78 is 7.45. The Morgan fingerprint density at radius 2 is 2.12 bits per heavy atom. The Labute approximate surface area is 93.8 Å². The molecule has 0 aliphatic carbocycles. The van der Waals surface area contributed by atoms with Gasteiger partial charge in [0.2, 0.25) is 0 Å². The average Bonchev–Trinajstić information content (AvgIpc) is 2.69. The number of aromatic nitrogens is 2. The van der Waals surface area contributed by atoms with Crippen LogP contribution in [0, 0.1) is 0 Å². The van der Waals surface area contributed by atoms with E-state index in [1.807, 2.05) is 0 Å². The number of hydrogen-bond donors (Lipinski definition) is 2. The Bertz CT molecular complexity index is 429. The second kappa shape index (κ2) is 4.07. The van der Waals surface area contributed by atoms with E-state index in [0.717, 1.165) is 44.6 Å². The molecule has 2 N–H and O–H groups in total. The van der Waals surface area contributed by atoms with Crippen molar-refractivity contribution in [2.45, 2.75) is 31.8 Å². The van der Waals surface area contributed by atoms with Crippen LogP contribution in [0.2, 0.25) is 0 Å². The van der Waals surface area contributed by atoms with Crippen molar-refractivity contribution in [1.29, 1.82) is 0 Å². The molecule has 1 aromatic rings. The molecular formula is C11H17N3O2. The van der Waals surface area contributed by atoms with E-state index >= 15 is 0 Å². The highest BCUT2D eigenvalue weighted by atomic mass is 16.5. The van der Waals surface area contributed by atoms with Crippen molar-refractivity contribution in [3.05, 3.63) is 21.6 Å². The largest absolute Gasteiger partial charge is 0.381 e. The fraction of sp³-hybridized carbons (Fsp3) is 0.727. The number of ether oxygens (including phenoxy) is 1. The van der Waals surface area contributed by atoms with Gasteiger partial charge >= 0.3 is 0 Å². The maximum absolute atomic E-state index is 11.8. The summed E-state index contributed by atoms with van der Waals surface area (Å²) in [4.78, 5) is 11.8. The molecule has 0 bridgehead atoms. The molecule has 0 amide bonds. The molecule has 3 heterocycles. The second-order valence-corrected chi connectivity index (χ2v) is 4.51. The molecule has 2 aliphatic heterocycles. The van der Waals surface area contributed by atoms with Gasteiger partial charge in [0.05, 0.1) is 11.6 Å². The van der Waals surface area contributed by atoms with E-state index in [1.165, 1.54) is 5.69 Å². The minimum absolute atomic E-state index is 0.0775. The molecule has 0 radical (unpaired) electrons. The molecular weight excluding hydrogens is 206 g/mol. The molecule has 0 atom stereocenters. The van der Waals surface area contributed by atoms with Gasteiger partial charge in [-0.3, -0.25) is 14.6 Å². The third kappa shape index (κ3) is 1.60. The van der Waals surface area contributed by atoms with Crippen LogP contribution >= 0.6 is 0 Å². The fourth-order valence-electron chi connectivity index (χ4n) is 2.65. The summed E-state index contributed by atoms with van der Waals surface area (Å²) >= 11 is 0. The number of hydrogen-bond acceptors (Lipinski definition) is 3. The van der Waals surface area contributed by atoms with Gasteiger partial charge in [0.25, 0.3) is 5.56 Å². The highest BCUT2D eigenvalue weighted by Gasteiger charge is 2.23. The van der Waals surface area contributed by atoms with Crippen molar-refractivity contribution in [3.63, 3.8) is 0 Å². The van der Waals surface area contributed by atoms with Crippen LogP contribution in [-0.4, -0.2) is 29.5 Å². The number of rotatable bonds is 1. The minimum atomic E-state index is 0.0775. The molecule has 0 spiro atoms. The summed E-state index contributed by atoms with van der Waals surface area (Å²) in [6.45, 7) is 3.28. The van der Waals surface area contributed by atoms with E-state index in [0.29, 0.717) is 12.6 Å². The van der Waals surface area contributed by atoms with Gasteiger partial charge in [-0.05, 0) is 12.8 Å². The van der Waals surface area contributed by atoms with Gasteiger partial charge in [-0.15, -0.1) is 0 Å². The molecule has 1 fully saturated rings. The SMILES string of the molecule is O=c1[nH]n(C2CCOCC2)c2c1CNCC2. The van der Waals surface area contributed by atoms with Crippen LogP contribution in [0.3, 0.4) is 0 Å². The summed E-state index contributed by atoms with van der Waals surface area (Å²) in [5.74, 6) is 0. The summed E-state index contributed by atoms with van der Waals surface area (Å²) in [6, 6.07) is 0.420. The number of H-pyrrole nitrogens is 1. The lowest BCUT2D eigenvalue weighted by molar-refractivity contribution is 0.0652. The average molecular weight is 223 g/mol. The first-order valence-corrected chi connectivity index (χ1v) is 5.97. The third-order valence-corrected chi connectivity index (χ3v) is 3.53. The lowest BCUT2D eigenvalue weighted by Crippen LogP contribution is -2.28. The first kappa shape index (κ1) is 10.1. The first-order valence-electron chi connectivity index (χ1n) is 5.97. The monoisotopic (exact) mass is 223 g/mol. The van der Waals surface area contributed by atoms with Crippen LogP contribution in [-0.2, 0) is 17.7 Å². The predicted molar refractivity (Wildman–Crippen MR) is 59.6 cm³/mol. The van der Waals surface area contributed by atoms with E-state index in [-0.39, 0.29) is 5.56 Å². The Balaban J connectivity index is 1.97. The normalized spacial score (nSPS) is 22.0. The van der Waals surface area contributed by atoms with Crippen molar-refractivity contribution in [2.24, 2.45) is 0 Å². The summed E-state index contributed by atoms with van der Waals surface area (Å²) in [6.07, 6.45) is 2.96. The molecule has 0 saturated carbocycles. The van der Waals surface area contributed by atoms with Crippen LogP contribution in [0.4, 0.5) is 0 Å². The van der Waals surface area contributed by atoms with Crippen LogP contribution in [0.1, 0.15) is 30.1 Å². The molecule has 5 nitrogen and oxygen atoms in total. The van der Waals surface area contributed by atoms with Crippen LogP contribution in [0.15, 0.2) is 4.79 Å². The van der Waals surface area contributed by atoms with Gasteiger partial charge in [-0.25, -0.2) is 0 Å². The Morgan fingerprint density at radius 1 is 1.31 bits per heavy atom. The number of nitrogens with zero attached hydrogens (tertiary/aromatic N) is 1. The maximum atomic E-state index is 11.8. The summed E-state index contributed by atoms with van der Waals surface area (Å²) in [5.41, 5.74) is 2.21. The predicted octanol–water partition coefficient (Wildman–Crippen LogP) is 0.174. The Kier molecular flexibility index (Phi) is 2.57. The molecule has 5 heteroatoms. The van der Waals surface area contributed by atoms with E-state index in [2.05, 4.69) is 15.1 Å². The van der Waals surface area contributed by atoms with Gasteiger partial charge < -0.3 is 10.1 Å². The Hall–Kier alpha value is -1.07. The number of aromatic amines is 1.